The molecule has 0 aliphatic heterocycles. The second-order valence-electron chi connectivity index (χ2n) is 4.31. The molecule has 0 saturated heterocycles. The summed E-state index contributed by atoms with van der Waals surface area (Å²) in [6.45, 7) is 1.30. The van der Waals surface area contributed by atoms with E-state index in [0.29, 0.717) is 0 Å². The third kappa shape index (κ3) is 5.28. The maximum absolute atomic E-state index is 11.5. The van der Waals surface area contributed by atoms with Gasteiger partial charge in [0.05, 0.1) is 12.3 Å². The van der Waals surface area contributed by atoms with Crippen molar-refractivity contribution >= 4 is 15.8 Å². The maximum Gasteiger partial charge on any atom is 0.212 e. The van der Waals surface area contributed by atoms with E-state index in [1.807, 2.05) is 0 Å². The highest BCUT2D eigenvalue weighted by molar-refractivity contribution is 7.89. The minimum atomic E-state index is -3.25. The fraction of sp³-hybridized carbons (Fsp3) is 0.900. The van der Waals surface area contributed by atoms with Crippen molar-refractivity contribution < 1.29 is 13.2 Å². The number of ketones is 1. The normalized spacial score (nSPS) is 19.0. The summed E-state index contributed by atoms with van der Waals surface area (Å²) in [5, 5.41) is 0. The predicted octanol–water partition coefficient (Wildman–Crippen LogP) is 1.08. The van der Waals surface area contributed by atoms with Gasteiger partial charge in [0, 0.05) is 0 Å². The van der Waals surface area contributed by atoms with Gasteiger partial charge >= 0.3 is 0 Å². The van der Waals surface area contributed by atoms with Gasteiger partial charge in [0.15, 0.2) is 0 Å². The summed E-state index contributed by atoms with van der Waals surface area (Å²) >= 11 is 0. The second kappa shape index (κ2) is 5.61. The first kappa shape index (κ1) is 12.6. The Morgan fingerprint density at radius 2 is 1.87 bits per heavy atom. The molecule has 0 heterocycles. The molecule has 0 aromatic carbocycles. The minimum Gasteiger partial charge on any atom is -0.299 e. The summed E-state index contributed by atoms with van der Waals surface area (Å²) in [5.74, 6) is 0.311. The van der Waals surface area contributed by atoms with Gasteiger partial charge in [0.2, 0.25) is 10.0 Å². The molecule has 0 atom stereocenters. The van der Waals surface area contributed by atoms with Crippen molar-refractivity contribution in [2.45, 2.75) is 39.0 Å². The van der Waals surface area contributed by atoms with Crippen molar-refractivity contribution in [1.29, 1.82) is 0 Å². The van der Waals surface area contributed by atoms with Crippen LogP contribution in [-0.4, -0.2) is 26.5 Å². The van der Waals surface area contributed by atoms with Crippen LogP contribution in [0, 0.1) is 5.92 Å². The van der Waals surface area contributed by atoms with Crippen molar-refractivity contribution in [3.05, 3.63) is 0 Å². The molecule has 15 heavy (non-hydrogen) atoms. The summed E-state index contributed by atoms with van der Waals surface area (Å²) in [6, 6.07) is 0. The fourth-order valence-corrected chi connectivity index (χ4v) is 3.43. The molecule has 4 nitrogen and oxygen atoms in total. The highest BCUT2D eigenvalue weighted by Gasteiger charge is 2.21. The van der Waals surface area contributed by atoms with Gasteiger partial charge in [-0.25, -0.2) is 13.1 Å². The number of carbonyl (C=O) groups is 1. The Kier molecular flexibility index (Phi) is 4.73. The average Bonchev–Trinajstić information content (AvgIpc) is 2.16. The lowest BCUT2D eigenvalue weighted by atomic mass is 9.91. The summed E-state index contributed by atoms with van der Waals surface area (Å²) in [5.41, 5.74) is 0. The second-order valence-corrected chi connectivity index (χ2v) is 6.16. The molecule has 1 saturated carbocycles. The molecule has 0 unspecified atom stereocenters. The molecule has 0 bridgehead atoms. The van der Waals surface area contributed by atoms with Crippen LogP contribution in [0.15, 0.2) is 0 Å². The number of rotatable bonds is 5. The first-order valence-corrected chi connectivity index (χ1v) is 7.11. The van der Waals surface area contributed by atoms with Crippen molar-refractivity contribution in [2.24, 2.45) is 5.92 Å². The standard InChI is InChI=1S/C10H19NO3S/c1-9(12)7-11-15(13,14)8-10-5-3-2-4-6-10/h10-11H,2-8H2,1H3. The molecule has 0 aromatic rings. The number of carbonyl (C=O) groups excluding carboxylic acids is 1. The Morgan fingerprint density at radius 1 is 1.27 bits per heavy atom. The van der Waals surface area contributed by atoms with E-state index in [0.717, 1.165) is 25.7 Å². The zero-order chi connectivity index (χ0) is 11.3. The first-order valence-electron chi connectivity index (χ1n) is 5.46. The summed E-state index contributed by atoms with van der Waals surface area (Å²) < 4.78 is 25.4. The zero-order valence-electron chi connectivity index (χ0n) is 9.16. The topological polar surface area (TPSA) is 63.2 Å². The Hall–Kier alpha value is -0.420. The average molecular weight is 233 g/mol. The largest absolute Gasteiger partial charge is 0.299 e. The van der Waals surface area contributed by atoms with Crippen LogP contribution in [0.5, 0.6) is 0 Å². The summed E-state index contributed by atoms with van der Waals surface area (Å²) in [6.07, 6.45) is 5.49. The van der Waals surface area contributed by atoms with Gasteiger partial charge in [-0.05, 0) is 25.7 Å². The molecular formula is C10H19NO3S. The predicted molar refractivity (Wildman–Crippen MR) is 59.0 cm³/mol. The van der Waals surface area contributed by atoms with Crippen molar-refractivity contribution in [1.82, 2.24) is 4.72 Å². The molecule has 1 rings (SSSR count). The van der Waals surface area contributed by atoms with Crippen LogP contribution in [0.2, 0.25) is 0 Å². The van der Waals surface area contributed by atoms with Crippen LogP contribution in [0.4, 0.5) is 0 Å². The SMILES string of the molecule is CC(=O)CNS(=O)(=O)CC1CCCCC1. The van der Waals surface area contributed by atoms with E-state index in [1.54, 1.807) is 0 Å². The molecule has 0 amide bonds. The number of hydrogen-bond donors (Lipinski definition) is 1. The van der Waals surface area contributed by atoms with Gasteiger partial charge in [0.25, 0.3) is 0 Å². The molecule has 1 fully saturated rings. The third-order valence-corrected chi connectivity index (χ3v) is 4.22. The lowest BCUT2D eigenvalue weighted by Gasteiger charge is -2.21. The van der Waals surface area contributed by atoms with Crippen molar-refractivity contribution in [3.8, 4) is 0 Å². The molecular weight excluding hydrogens is 214 g/mol. The van der Waals surface area contributed by atoms with E-state index < -0.39 is 10.0 Å². The van der Waals surface area contributed by atoms with Gasteiger partial charge < -0.3 is 0 Å². The van der Waals surface area contributed by atoms with Crippen LogP contribution in [0.25, 0.3) is 0 Å². The van der Waals surface area contributed by atoms with E-state index in [2.05, 4.69) is 4.72 Å². The highest BCUT2D eigenvalue weighted by atomic mass is 32.2. The van der Waals surface area contributed by atoms with Crippen LogP contribution in [0.1, 0.15) is 39.0 Å². The Bertz CT molecular complexity index is 305. The van der Waals surface area contributed by atoms with E-state index in [1.165, 1.54) is 13.3 Å². The first-order chi connectivity index (χ1) is 6.99. The van der Waals surface area contributed by atoms with E-state index in [-0.39, 0.29) is 24.0 Å². The van der Waals surface area contributed by atoms with Gasteiger partial charge in [-0.3, -0.25) is 4.79 Å². The molecule has 5 heteroatoms. The van der Waals surface area contributed by atoms with E-state index in [4.69, 9.17) is 0 Å². The Balaban J connectivity index is 2.37. The van der Waals surface area contributed by atoms with Gasteiger partial charge in [-0.1, -0.05) is 19.3 Å². The minimum absolute atomic E-state index is 0.0744. The zero-order valence-corrected chi connectivity index (χ0v) is 9.98. The summed E-state index contributed by atoms with van der Waals surface area (Å²) in [7, 11) is -3.25. The smallest absolute Gasteiger partial charge is 0.212 e. The number of Topliss-reactive ketones (excluding diaryl/α,β-unsaturated/α-hetero) is 1. The summed E-state index contributed by atoms with van der Waals surface area (Å²) in [4.78, 5) is 10.7. The van der Waals surface area contributed by atoms with E-state index in [9.17, 15) is 13.2 Å². The lowest BCUT2D eigenvalue weighted by molar-refractivity contribution is -0.115. The number of nitrogens with one attached hydrogen (secondary N) is 1. The van der Waals surface area contributed by atoms with Gasteiger partial charge in [0.1, 0.15) is 5.78 Å². The lowest BCUT2D eigenvalue weighted by Crippen LogP contribution is -2.33. The number of sulfonamides is 1. The van der Waals surface area contributed by atoms with Crippen LogP contribution >= 0.6 is 0 Å². The molecule has 0 aromatic heterocycles. The van der Waals surface area contributed by atoms with Crippen molar-refractivity contribution in [3.63, 3.8) is 0 Å². The molecule has 1 aliphatic carbocycles. The quantitative estimate of drug-likeness (QED) is 0.772. The van der Waals surface area contributed by atoms with Gasteiger partial charge in [-0.15, -0.1) is 0 Å². The maximum atomic E-state index is 11.5. The molecule has 88 valence electrons. The fourth-order valence-electron chi connectivity index (χ4n) is 1.93. The Morgan fingerprint density at radius 3 is 2.40 bits per heavy atom. The van der Waals surface area contributed by atoms with Crippen LogP contribution < -0.4 is 4.72 Å². The van der Waals surface area contributed by atoms with Crippen LogP contribution in [-0.2, 0) is 14.8 Å². The van der Waals surface area contributed by atoms with Crippen LogP contribution in [0.3, 0.4) is 0 Å². The molecule has 0 spiro atoms. The van der Waals surface area contributed by atoms with E-state index >= 15 is 0 Å². The molecule has 1 N–H and O–H groups in total. The molecule has 0 radical (unpaired) electrons. The van der Waals surface area contributed by atoms with Crippen molar-refractivity contribution in [2.75, 3.05) is 12.3 Å². The third-order valence-electron chi connectivity index (χ3n) is 2.72. The number of hydrogen-bond acceptors (Lipinski definition) is 3. The monoisotopic (exact) mass is 233 g/mol. The molecule has 1 aliphatic rings. The highest BCUT2D eigenvalue weighted by Crippen LogP contribution is 2.24. The van der Waals surface area contributed by atoms with Gasteiger partial charge in [-0.2, -0.15) is 0 Å². The Labute approximate surface area is 91.5 Å².